The van der Waals surface area contributed by atoms with Crippen LogP contribution in [0.5, 0.6) is 0 Å². The summed E-state index contributed by atoms with van der Waals surface area (Å²) in [6.07, 6.45) is 5.22. The summed E-state index contributed by atoms with van der Waals surface area (Å²) in [5, 5.41) is 4.44. The first-order valence-corrected chi connectivity index (χ1v) is 6.85. The molecule has 2 heterocycles. The lowest BCUT2D eigenvalue weighted by molar-refractivity contribution is 0.169. The van der Waals surface area contributed by atoms with E-state index < -0.39 is 0 Å². The van der Waals surface area contributed by atoms with Gasteiger partial charge in [0.2, 0.25) is 0 Å². The van der Waals surface area contributed by atoms with Crippen molar-refractivity contribution in [2.24, 2.45) is 0 Å². The fourth-order valence-electron chi connectivity index (χ4n) is 3.33. The predicted molar refractivity (Wildman–Crippen MR) is 72.7 cm³/mol. The number of piperidine rings is 1. The largest absolute Gasteiger partial charge is 0.381 e. The van der Waals surface area contributed by atoms with Gasteiger partial charge < -0.3 is 10.2 Å². The van der Waals surface area contributed by atoms with Crippen molar-refractivity contribution in [3.05, 3.63) is 29.3 Å². The lowest BCUT2D eigenvalue weighted by Gasteiger charge is -2.37. The van der Waals surface area contributed by atoms with Crippen LogP contribution in [-0.4, -0.2) is 30.1 Å². The zero-order valence-corrected chi connectivity index (χ0v) is 11.0. The van der Waals surface area contributed by atoms with Crippen LogP contribution in [0, 0.1) is 0 Å². The summed E-state index contributed by atoms with van der Waals surface area (Å²) in [6, 6.07) is 10.2. The van der Waals surface area contributed by atoms with Gasteiger partial charge in [0.1, 0.15) is 0 Å². The molecule has 2 nitrogen and oxygen atoms in total. The fourth-order valence-corrected chi connectivity index (χ4v) is 3.52. The molecule has 2 unspecified atom stereocenters. The van der Waals surface area contributed by atoms with Gasteiger partial charge in [0.05, 0.1) is 10.7 Å². The maximum absolute atomic E-state index is 6.19. The van der Waals surface area contributed by atoms with Gasteiger partial charge in [-0.2, -0.15) is 0 Å². The topological polar surface area (TPSA) is 15.3 Å². The monoisotopic (exact) mass is 250 g/mol. The van der Waals surface area contributed by atoms with Crippen molar-refractivity contribution in [3.63, 3.8) is 0 Å². The van der Waals surface area contributed by atoms with Gasteiger partial charge in [-0.15, -0.1) is 0 Å². The second-order valence-electron chi connectivity index (χ2n) is 5.34. The number of anilines is 1. The van der Waals surface area contributed by atoms with Gasteiger partial charge in [0, 0.05) is 18.1 Å². The van der Waals surface area contributed by atoms with Crippen molar-refractivity contribution < 1.29 is 0 Å². The van der Waals surface area contributed by atoms with E-state index in [9.17, 15) is 0 Å². The molecule has 0 saturated carbocycles. The molecule has 0 aliphatic carbocycles. The fraction of sp³-hybridized carbons (Fsp3) is 0.571. The van der Waals surface area contributed by atoms with E-state index in [1.165, 1.54) is 25.7 Å². The van der Waals surface area contributed by atoms with Gasteiger partial charge in [-0.3, -0.25) is 0 Å². The molecule has 0 aromatic heterocycles. The molecule has 2 aliphatic rings. The van der Waals surface area contributed by atoms with Crippen LogP contribution < -0.4 is 5.32 Å². The van der Waals surface area contributed by atoms with Crippen molar-refractivity contribution in [2.75, 3.05) is 12.4 Å². The molecular weight excluding hydrogens is 232 g/mol. The lowest BCUT2D eigenvalue weighted by Crippen LogP contribution is -2.44. The summed E-state index contributed by atoms with van der Waals surface area (Å²) in [7, 11) is 2.27. The number of rotatable bonds is 2. The lowest BCUT2D eigenvalue weighted by atomic mass is 9.98. The van der Waals surface area contributed by atoms with E-state index in [2.05, 4.69) is 23.3 Å². The van der Waals surface area contributed by atoms with Crippen LogP contribution in [0.1, 0.15) is 25.7 Å². The summed E-state index contributed by atoms with van der Waals surface area (Å²) in [4.78, 5) is 2.56. The van der Waals surface area contributed by atoms with Crippen molar-refractivity contribution in [3.8, 4) is 0 Å². The van der Waals surface area contributed by atoms with Gasteiger partial charge in [-0.05, 0) is 44.9 Å². The molecule has 17 heavy (non-hydrogen) atoms. The summed E-state index contributed by atoms with van der Waals surface area (Å²) < 4.78 is 0. The summed E-state index contributed by atoms with van der Waals surface area (Å²) in [6.45, 7) is 0. The second-order valence-corrected chi connectivity index (χ2v) is 5.75. The third-order valence-corrected chi connectivity index (χ3v) is 4.66. The van der Waals surface area contributed by atoms with E-state index in [0.717, 1.165) is 22.8 Å². The van der Waals surface area contributed by atoms with E-state index in [1.54, 1.807) is 0 Å². The molecule has 92 valence electrons. The molecule has 2 fully saturated rings. The van der Waals surface area contributed by atoms with Gasteiger partial charge in [0.25, 0.3) is 0 Å². The molecule has 2 bridgehead atoms. The van der Waals surface area contributed by atoms with Crippen LogP contribution in [0.15, 0.2) is 24.3 Å². The minimum absolute atomic E-state index is 0.587. The Morgan fingerprint density at radius 1 is 1.18 bits per heavy atom. The van der Waals surface area contributed by atoms with E-state index >= 15 is 0 Å². The Bertz CT molecular complexity index is 393. The van der Waals surface area contributed by atoms with Crippen molar-refractivity contribution in [1.82, 2.24) is 4.90 Å². The van der Waals surface area contributed by atoms with Crippen LogP contribution in [0.3, 0.4) is 0 Å². The Morgan fingerprint density at radius 3 is 2.47 bits per heavy atom. The van der Waals surface area contributed by atoms with E-state index in [4.69, 9.17) is 11.6 Å². The third-order valence-electron chi connectivity index (χ3n) is 4.33. The average molecular weight is 251 g/mol. The number of para-hydroxylation sites is 1. The number of nitrogens with zero attached hydrogens (tertiary/aromatic N) is 1. The first kappa shape index (κ1) is 11.4. The summed E-state index contributed by atoms with van der Waals surface area (Å²) in [5.74, 6) is 0. The molecule has 1 aromatic rings. The minimum atomic E-state index is 0.587. The number of halogens is 1. The highest BCUT2D eigenvalue weighted by Gasteiger charge is 2.38. The molecular formula is C14H19ClN2. The van der Waals surface area contributed by atoms with Crippen LogP contribution in [0.25, 0.3) is 0 Å². The van der Waals surface area contributed by atoms with E-state index in [0.29, 0.717) is 6.04 Å². The normalized spacial score (nSPS) is 32.7. The molecule has 3 heteroatoms. The quantitative estimate of drug-likeness (QED) is 0.866. The first-order valence-electron chi connectivity index (χ1n) is 6.47. The van der Waals surface area contributed by atoms with Gasteiger partial charge in [0.15, 0.2) is 0 Å². The molecule has 2 saturated heterocycles. The van der Waals surface area contributed by atoms with Gasteiger partial charge >= 0.3 is 0 Å². The Hall–Kier alpha value is -0.730. The molecule has 1 aromatic carbocycles. The van der Waals surface area contributed by atoms with E-state index in [-0.39, 0.29) is 0 Å². The Labute approximate surface area is 108 Å². The van der Waals surface area contributed by atoms with Crippen molar-refractivity contribution in [2.45, 2.75) is 43.8 Å². The number of fused-ring (bicyclic) bond motifs is 2. The van der Waals surface area contributed by atoms with Gasteiger partial charge in [-0.25, -0.2) is 0 Å². The van der Waals surface area contributed by atoms with Crippen LogP contribution >= 0.6 is 11.6 Å². The van der Waals surface area contributed by atoms with Crippen LogP contribution in [0.2, 0.25) is 5.02 Å². The third kappa shape index (κ3) is 2.16. The predicted octanol–water partition coefficient (Wildman–Crippen LogP) is 3.38. The first-order chi connectivity index (χ1) is 8.24. The van der Waals surface area contributed by atoms with Crippen LogP contribution in [-0.2, 0) is 0 Å². The molecule has 1 N–H and O–H groups in total. The zero-order valence-electron chi connectivity index (χ0n) is 10.2. The highest BCUT2D eigenvalue weighted by Crippen LogP contribution is 2.36. The Kier molecular flexibility index (Phi) is 3.01. The number of hydrogen-bond donors (Lipinski definition) is 1. The van der Waals surface area contributed by atoms with Crippen molar-refractivity contribution >= 4 is 17.3 Å². The molecule has 0 spiro atoms. The maximum Gasteiger partial charge on any atom is 0.0637 e. The molecule has 2 atom stereocenters. The number of hydrogen-bond acceptors (Lipinski definition) is 2. The average Bonchev–Trinajstić information content (AvgIpc) is 2.55. The Balaban J connectivity index is 1.70. The maximum atomic E-state index is 6.19. The number of benzene rings is 1. The SMILES string of the molecule is CN1C2CCC1CC(Nc1ccccc1Cl)C2. The van der Waals surface area contributed by atoms with Crippen molar-refractivity contribution in [1.29, 1.82) is 0 Å². The standard InChI is InChI=1S/C14H19ClN2/c1-17-11-6-7-12(17)9-10(8-11)16-14-5-3-2-4-13(14)15/h2-5,10-12,16H,6-9H2,1H3. The molecule has 0 amide bonds. The van der Waals surface area contributed by atoms with Crippen LogP contribution in [0.4, 0.5) is 5.69 Å². The minimum Gasteiger partial charge on any atom is -0.381 e. The Morgan fingerprint density at radius 2 is 1.82 bits per heavy atom. The summed E-state index contributed by atoms with van der Waals surface area (Å²) >= 11 is 6.19. The highest BCUT2D eigenvalue weighted by atomic mass is 35.5. The highest BCUT2D eigenvalue weighted by molar-refractivity contribution is 6.33. The van der Waals surface area contributed by atoms with E-state index in [1.807, 2.05) is 18.2 Å². The molecule has 0 radical (unpaired) electrons. The smallest absolute Gasteiger partial charge is 0.0637 e. The zero-order chi connectivity index (χ0) is 11.8. The molecule has 2 aliphatic heterocycles. The molecule has 3 rings (SSSR count). The van der Waals surface area contributed by atoms with Gasteiger partial charge in [-0.1, -0.05) is 23.7 Å². The second kappa shape index (κ2) is 4.51. The number of nitrogens with one attached hydrogen (secondary N) is 1. The summed E-state index contributed by atoms with van der Waals surface area (Å²) in [5.41, 5.74) is 1.09.